The van der Waals surface area contributed by atoms with Crippen LogP contribution in [0.4, 0.5) is 13.2 Å². The van der Waals surface area contributed by atoms with Crippen molar-refractivity contribution >= 4 is 5.91 Å². The number of nitrogens with zero attached hydrogens (tertiary/aromatic N) is 1. The first-order valence-corrected chi connectivity index (χ1v) is 6.61. The summed E-state index contributed by atoms with van der Waals surface area (Å²) in [6.07, 6.45) is -2.95. The lowest BCUT2D eigenvalue weighted by molar-refractivity contribution is -0.128. The van der Waals surface area contributed by atoms with Crippen molar-refractivity contribution in [2.45, 2.75) is 25.1 Å². The van der Waals surface area contributed by atoms with Gasteiger partial charge in [-0.2, -0.15) is 13.2 Å². The Hall–Kier alpha value is -1.82. The van der Waals surface area contributed by atoms with E-state index in [2.05, 4.69) is 0 Å². The molecule has 0 spiro atoms. The molecule has 1 aliphatic heterocycles. The zero-order valence-corrected chi connectivity index (χ0v) is 11.3. The predicted molar refractivity (Wildman–Crippen MR) is 71.4 cm³/mol. The third-order valence-electron chi connectivity index (χ3n) is 3.19. The highest BCUT2D eigenvalue weighted by atomic mass is 19.4. The highest BCUT2D eigenvalue weighted by molar-refractivity contribution is 5.87. The van der Waals surface area contributed by atoms with Gasteiger partial charge in [-0.3, -0.25) is 4.79 Å². The number of halogens is 3. The summed E-state index contributed by atoms with van der Waals surface area (Å²) in [4.78, 5) is 13.4. The minimum Gasteiger partial charge on any atom is -0.359 e. The number of benzene rings is 1. The van der Waals surface area contributed by atoms with Gasteiger partial charge in [0.1, 0.15) is 6.73 Å². The molecule has 1 saturated heterocycles. The van der Waals surface area contributed by atoms with Crippen molar-refractivity contribution in [1.82, 2.24) is 4.90 Å². The number of hydrogen-bond donors (Lipinski definition) is 0. The van der Waals surface area contributed by atoms with E-state index in [4.69, 9.17) is 4.74 Å². The monoisotopic (exact) mass is 299 g/mol. The molecule has 1 amide bonds. The Morgan fingerprint density at radius 2 is 2.05 bits per heavy atom. The Morgan fingerprint density at radius 3 is 2.71 bits per heavy atom. The van der Waals surface area contributed by atoms with Crippen molar-refractivity contribution in [1.29, 1.82) is 0 Å². The molecule has 0 saturated carbocycles. The average Bonchev–Trinajstić information content (AvgIpc) is 2.86. The largest absolute Gasteiger partial charge is 0.392 e. The van der Waals surface area contributed by atoms with Gasteiger partial charge in [0.25, 0.3) is 0 Å². The van der Waals surface area contributed by atoms with Gasteiger partial charge >= 0.3 is 6.18 Å². The van der Waals surface area contributed by atoms with Gasteiger partial charge < -0.3 is 9.64 Å². The molecule has 0 bridgehead atoms. The number of amides is 1. The maximum absolute atomic E-state index is 12.0. The maximum Gasteiger partial charge on any atom is 0.392 e. The SMILES string of the molecule is O=C(C=CCC(F)(F)F)N1COC[C@@H]1Cc1ccccc1. The van der Waals surface area contributed by atoms with Crippen LogP contribution in [0.2, 0.25) is 0 Å². The van der Waals surface area contributed by atoms with E-state index in [1.165, 1.54) is 4.90 Å². The van der Waals surface area contributed by atoms with Crippen LogP contribution in [-0.4, -0.2) is 36.4 Å². The van der Waals surface area contributed by atoms with E-state index in [1.807, 2.05) is 30.3 Å². The smallest absolute Gasteiger partial charge is 0.359 e. The summed E-state index contributed by atoms with van der Waals surface area (Å²) < 4.78 is 41.4. The molecule has 1 fully saturated rings. The zero-order chi connectivity index (χ0) is 15.3. The van der Waals surface area contributed by atoms with E-state index in [0.29, 0.717) is 13.0 Å². The fourth-order valence-electron chi connectivity index (χ4n) is 2.17. The second kappa shape index (κ2) is 6.76. The number of alkyl halides is 3. The van der Waals surface area contributed by atoms with Crippen molar-refractivity contribution in [3.05, 3.63) is 48.0 Å². The summed E-state index contributed by atoms with van der Waals surface area (Å²) in [7, 11) is 0. The second-order valence-electron chi connectivity index (χ2n) is 4.87. The molecule has 114 valence electrons. The predicted octanol–water partition coefficient (Wildman–Crippen LogP) is 2.92. The quantitative estimate of drug-likeness (QED) is 0.800. The molecule has 1 aromatic rings. The van der Waals surface area contributed by atoms with Gasteiger partial charge in [-0.15, -0.1) is 0 Å². The lowest BCUT2D eigenvalue weighted by Gasteiger charge is -2.21. The Bertz CT molecular complexity index is 499. The molecule has 0 N–H and O–H groups in total. The van der Waals surface area contributed by atoms with Crippen LogP contribution in [0.15, 0.2) is 42.5 Å². The van der Waals surface area contributed by atoms with E-state index >= 15 is 0 Å². The highest BCUT2D eigenvalue weighted by Gasteiger charge is 2.29. The first-order valence-electron chi connectivity index (χ1n) is 6.61. The number of hydrogen-bond acceptors (Lipinski definition) is 2. The molecular weight excluding hydrogens is 283 g/mol. The molecule has 1 heterocycles. The van der Waals surface area contributed by atoms with Crippen LogP contribution in [0.25, 0.3) is 0 Å². The fourth-order valence-corrected chi connectivity index (χ4v) is 2.17. The van der Waals surface area contributed by atoms with Crippen molar-refractivity contribution in [3.8, 4) is 0 Å². The minimum atomic E-state index is -4.29. The van der Waals surface area contributed by atoms with Crippen LogP contribution in [0, 0.1) is 0 Å². The van der Waals surface area contributed by atoms with Gasteiger partial charge in [0.15, 0.2) is 0 Å². The fraction of sp³-hybridized carbons (Fsp3) is 0.400. The third kappa shape index (κ3) is 4.90. The van der Waals surface area contributed by atoms with E-state index in [-0.39, 0.29) is 12.8 Å². The molecule has 1 atom stereocenters. The standard InChI is InChI=1S/C15H16F3NO2/c16-15(17,18)8-4-7-14(20)19-11-21-10-13(19)9-12-5-2-1-3-6-12/h1-7,13H,8-11H2/t13-/m0/s1. The molecular formula is C15H16F3NO2. The lowest BCUT2D eigenvalue weighted by atomic mass is 10.1. The summed E-state index contributed by atoms with van der Waals surface area (Å²) in [5.74, 6) is -0.447. The van der Waals surface area contributed by atoms with Gasteiger partial charge in [-0.05, 0) is 18.1 Å². The zero-order valence-electron chi connectivity index (χ0n) is 11.3. The van der Waals surface area contributed by atoms with Gasteiger partial charge in [-0.25, -0.2) is 0 Å². The van der Waals surface area contributed by atoms with Crippen LogP contribution >= 0.6 is 0 Å². The van der Waals surface area contributed by atoms with Crippen LogP contribution in [0.1, 0.15) is 12.0 Å². The molecule has 3 nitrogen and oxygen atoms in total. The third-order valence-corrected chi connectivity index (χ3v) is 3.19. The van der Waals surface area contributed by atoms with Crippen molar-refractivity contribution < 1.29 is 22.7 Å². The molecule has 1 aliphatic rings. The number of ether oxygens (including phenoxy) is 1. The van der Waals surface area contributed by atoms with Crippen molar-refractivity contribution in [2.24, 2.45) is 0 Å². The molecule has 0 aromatic heterocycles. The van der Waals surface area contributed by atoms with E-state index in [0.717, 1.165) is 17.7 Å². The second-order valence-corrected chi connectivity index (χ2v) is 4.87. The first-order chi connectivity index (χ1) is 9.96. The summed E-state index contributed by atoms with van der Waals surface area (Å²) >= 11 is 0. The van der Waals surface area contributed by atoms with E-state index in [1.54, 1.807) is 0 Å². The Labute approximate surface area is 121 Å². The molecule has 6 heteroatoms. The van der Waals surface area contributed by atoms with Gasteiger partial charge in [0.2, 0.25) is 5.91 Å². The topological polar surface area (TPSA) is 29.5 Å². The van der Waals surface area contributed by atoms with Gasteiger partial charge in [-0.1, -0.05) is 36.4 Å². The van der Waals surface area contributed by atoms with Crippen LogP contribution < -0.4 is 0 Å². The molecule has 0 radical (unpaired) electrons. The molecule has 0 aliphatic carbocycles. The maximum atomic E-state index is 12.0. The number of carbonyl (C=O) groups excluding carboxylic acids is 1. The van der Waals surface area contributed by atoms with Crippen LogP contribution in [0.5, 0.6) is 0 Å². The Morgan fingerprint density at radius 1 is 1.33 bits per heavy atom. The molecule has 0 unspecified atom stereocenters. The van der Waals surface area contributed by atoms with Gasteiger partial charge in [0, 0.05) is 0 Å². The molecule has 21 heavy (non-hydrogen) atoms. The summed E-state index contributed by atoms with van der Waals surface area (Å²) in [6.45, 7) is 0.514. The first kappa shape index (κ1) is 15.6. The average molecular weight is 299 g/mol. The Balaban J connectivity index is 1.93. The summed E-state index contributed by atoms with van der Waals surface area (Å²) in [5, 5.41) is 0. The minimum absolute atomic E-state index is 0.118. The van der Waals surface area contributed by atoms with Crippen LogP contribution in [0.3, 0.4) is 0 Å². The van der Waals surface area contributed by atoms with Crippen molar-refractivity contribution in [3.63, 3.8) is 0 Å². The van der Waals surface area contributed by atoms with Crippen molar-refractivity contribution in [2.75, 3.05) is 13.3 Å². The number of rotatable bonds is 4. The highest BCUT2D eigenvalue weighted by Crippen LogP contribution is 2.20. The van der Waals surface area contributed by atoms with E-state index < -0.39 is 18.5 Å². The van der Waals surface area contributed by atoms with Gasteiger partial charge in [0.05, 0.1) is 19.1 Å². The normalized spacial score (nSPS) is 19.4. The summed E-state index contributed by atoms with van der Waals surface area (Å²) in [5.41, 5.74) is 1.06. The number of carbonyl (C=O) groups is 1. The molecule has 2 rings (SSSR count). The summed E-state index contributed by atoms with van der Waals surface area (Å²) in [6, 6.07) is 9.45. The van der Waals surface area contributed by atoms with Crippen LogP contribution in [-0.2, 0) is 16.0 Å². The lowest BCUT2D eigenvalue weighted by Crippen LogP contribution is -2.37. The Kier molecular flexibility index (Phi) is 5.01. The molecule has 1 aromatic carbocycles. The van der Waals surface area contributed by atoms with E-state index in [9.17, 15) is 18.0 Å². The number of allylic oxidation sites excluding steroid dienone is 1.